The van der Waals surface area contributed by atoms with Crippen LogP contribution in [0.15, 0.2) is 41.9 Å². The van der Waals surface area contributed by atoms with E-state index in [1.807, 2.05) is 37.0 Å². The molecule has 1 heterocycles. The van der Waals surface area contributed by atoms with Crippen molar-refractivity contribution in [1.82, 2.24) is 25.1 Å². The first kappa shape index (κ1) is 30.9. The predicted octanol–water partition coefficient (Wildman–Crippen LogP) is 1.96. The fourth-order valence-electron chi connectivity index (χ4n) is 3.44. The molecule has 2 aromatic rings. The predicted molar refractivity (Wildman–Crippen MR) is 143 cm³/mol. The van der Waals surface area contributed by atoms with E-state index in [-0.39, 0.29) is 17.8 Å². The molecule has 210 valence electrons. The number of phenols is 1. The van der Waals surface area contributed by atoms with Gasteiger partial charge in [-0.25, -0.2) is 9.78 Å². The number of amides is 2. The lowest BCUT2D eigenvalue weighted by molar-refractivity contribution is 0.0146. The van der Waals surface area contributed by atoms with E-state index in [1.54, 1.807) is 18.5 Å². The third kappa shape index (κ3) is 13.8. The van der Waals surface area contributed by atoms with Crippen molar-refractivity contribution in [1.29, 1.82) is 0 Å². The molecule has 13 heteroatoms. The first-order chi connectivity index (χ1) is 18.5. The van der Waals surface area contributed by atoms with Gasteiger partial charge in [-0.1, -0.05) is 17.2 Å². The maximum absolute atomic E-state index is 12.3. The summed E-state index contributed by atoms with van der Waals surface area (Å²) in [5, 5.41) is 18.6. The minimum atomic E-state index is -0.211. The molecule has 3 N–H and O–H groups in total. The van der Waals surface area contributed by atoms with Crippen LogP contribution in [0.25, 0.3) is 10.4 Å². The number of azide groups is 1. The summed E-state index contributed by atoms with van der Waals surface area (Å²) in [5.41, 5.74) is 10.1. The number of hydrogen-bond acceptors (Lipinski definition) is 8. The van der Waals surface area contributed by atoms with E-state index < -0.39 is 0 Å². The SMILES string of the molecule is CN(C)[C@H](CNC(=O)NCCc1cn(CCOCCOCCOCCN=[N+]=[N-])cn1)Cc1ccc(O)cc1. The van der Waals surface area contributed by atoms with Crippen LogP contribution in [0.4, 0.5) is 4.79 Å². The zero-order valence-corrected chi connectivity index (χ0v) is 22.3. The van der Waals surface area contributed by atoms with Crippen LogP contribution in [0.2, 0.25) is 0 Å². The number of carbonyl (C=O) groups excluding carboxylic acids is 1. The number of carbonyl (C=O) groups is 1. The molecule has 1 aromatic heterocycles. The van der Waals surface area contributed by atoms with Gasteiger partial charge >= 0.3 is 6.03 Å². The van der Waals surface area contributed by atoms with Crippen molar-refractivity contribution in [3.05, 3.63) is 58.5 Å². The molecule has 0 saturated heterocycles. The Morgan fingerprint density at radius 2 is 1.79 bits per heavy atom. The van der Waals surface area contributed by atoms with Crippen LogP contribution >= 0.6 is 0 Å². The van der Waals surface area contributed by atoms with Gasteiger partial charge in [0.15, 0.2) is 0 Å². The summed E-state index contributed by atoms with van der Waals surface area (Å²) in [6, 6.07) is 7.05. The quantitative estimate of drug-likeness (QED) is 0.102. The Bertz CT molecular complexity index is 963. The molecule has 2 rings (SSSR count). The van der Waals surface area contributed by atoms with E-state index in [1.165, 1.54) is 0 Å². The Balaban J connectivity index is 1.51. The maximum Gasteiger partial charge on any atom is 0.314 e. The van der Waals surface area contributed by atoms with Crippen LogP contribution in [0, 0.1) is 0 Å². The summed E-state index contributed by atoms with van der Waals surface area (Å²) in [7, 11) is 3.96. The largest absolute Gasteiger partial charge is 0.508 e. The molecule has 0 aliphatic heterocycles. The molecule has 13 nitrogen and oxygen atoms in total. The lowest BCUT2D eigenvalue weighted by Gasteiger charge is -2.25. The zero-order chi connectivity index (χ0) is 27.4. The molecule has 0 radical (unpaired) electrons. The maximum atomic E-state index is 12.3. The lowest BCUT2D eigenvalue weighted by atomic mass is 10.1. The molecule has 0 aliphatic carbocycles. The summed E-state index contributed by atoms with van der Waals surface area (Å²) in [6.07, 6.45) is 5.10. The van der Waals surface area contributed by atoms with Gasteiger partial charge in [0, 0.05) is 49.8 Å². The number of ether oxygens (including phenoxy) is 3. The second-order valence-corrected chi connectivity index (χ2v) is 8.77. The molecule has 0 bridgehead atoms. The fourth-order valence-corrected chi connectivity index (χ4v) is 3.44. The summed E-state index contributed by atoms with van der Waals surface area (Å²) in [4.78, 5) is 21.4. The molecule has 0 aliphatic rings. The van der Waals surface area contributed by atoms with Crippen molar-refractivity contribution in [2.75, 3.05) is 73.4 Å². The smallest absolute Gasteiger partial charge is 0.314 e. The number of benzene rings is 1. The number of aromatic nitrogens is 2. The fraction of sp³-hybridized carbons (Fsp3) is 0.600. The van der Waals surface area contributed by atoms with Gasteiger partial charge in [0.1, 0.15) is 5.75 Å². The number of aromatic hydroxyl groups is 1. The molecule has 0 unspecified atom stereocenters. The summed E-state index contributed by atoms with van der Waals surface area (Å²) < 4.78 is 18.2. The van der Waals surface area contributed by atoms with E-state index >= 15 is 0 Å². The Morgan fingerprint density at radius 3 is 2.47 bits per heavy atom. The Hall–Kier alpha value is -3.35. The normalized spacial score (nSPS) is 11.8. The first-order valence-electron chi connectivity index (χ1n) is 12.7. The highest BCUT2D eigenvalue weighted by Gasteiger charge is 2.14. The summed E-state index contributed by atoms with van der Waals surface area (Å²) in [5.74, 6) is 0.243. The van der Waals surface area contributed by atoms with Crippen LogP contribution in [-0.4, -0.2) is 105 Å². The zero-order valence-electron chi connectivity index (χ0n) is 22.3. The van der Waals surface area contributed by atoms with E-state index in [2.05, 4.69) is 30.5 Å². The molecular weight excluding hydrogens is 492 g/mol. The van der Waals surface area contributed by atoms with E-state index in [9.17, 15) is 9.90 Å². The first-order valence-corrected chi connectivity index (χ1v) is 12.7. The van der Waals surface area contributed by atoms with Gasteiger partial charge < -0.3 is 39.4 Å². The lowest BCUT2D eigenvalue weighted by Crippen LogP contribution is -2.45. The second kappa shape index (κ2) is 18.8. The second-order valence-electron chi connectivity index (χ2n) is 8.77. The standard InChI is InChI=1S/C25H40N8O5/c1-32(2)23(17-21-3-5-24(34)6-4-21)18-28-25(35)27-8-7-22-19-33(20-29-22)10-12-37-14-16-38-15-13-36-11-9-30-31-26/h3-6,19-20,23,34H,7-18H2,1-2H3,(H2,27,28,35)/t23-/m0/s1. The average molecular weight is 533 g/mol. The van der Waals surface area contributed by atoms with Crippen molar-refractivity contribution in [3.8, 4) is 5.75 Å². The topological polar surface area (TPSA) is 159 Å². The third-order valence-corrected chi connectivity index (χ3v) is 5.63. The van der Waals surface area contributed by atoms with Crippen molar-refractivity contribution < 1.29 is 24.1 Å². The van der Waals surface area contributed by atoms with Gasteiger partial charge in [-0.3, -0.25) is 0 Å². The molecule has 38 heavy (non-hydrogen) atoms. The summed E-state index contributed by atoms with van der Waals surface area (Å²) >= 11 is 0. The Labute approximate surface area is 223 Å². The van der Waals surface area contributed by atoms with Crippen LogP contribution in [-0.2, 0) is 33.6 Å². The molecule has 2 amide bonds. The van der Waals surface area contributed by atoms with Gasteiger partial charge in [-0.2, -0.15) is 0 Å². The minimum absolute atomic E-state index is 0.130. The number of rotatable bonds is 20. The molecule has 0 fully saturated rings. The number of urea groups is 1. The van der Waals surface area contributed by atoms with Crippen molar-refractivity contribution >= 4 is 6.03 Å². The minimum Gasteiger partial charge on any atom is -0.508 e. The van der Waals surface area contributed by atoms with Gasteiger partial charge in [0.05, 0.1) is 51.7 Å². The van der Waals surface area contributed by atoms with Crippen LogP contribution in [0.5, 0.6) is 5.75 Å². The van der Waals surface area contributed by atoms with Crippen LogP contribution < -0.4 is 10.6 Å². The highest BCUT2D eigenvalue weighted by Crippen LogP contribution is 2.12. The number of phenolic OH excluding ortho intramolecular Hbond substituents is 1. The third-order valence-electron chi connectivity index (χ3n) is 5.63. The Kier molecular flexibility index (Phi) is 15.3. The molecule has 0 spiro atoms. The van der Waals surface area contributed by atoms with Crippen molar-refractivity contribution in [2.24, 2.45) is 5.11 Å². The van der Waals surface area contributed by atoms with Gasteiger partial charge in [0.25, 0.3) is 0 Å². The van der Waals surface area contributed by atoms with Gasteiger partial charge in [0.2, 0.25) is 0 Å². The van der Waals surface area contributed by atoms with Crippen molar-refractivity contribution in [2.45, 2.75) is 25.4 Å². The molecule has 1 atom stereocenters. The number of nitrogens with zero attached hydrogens (tertiary/aromatic N) is 6. The van der Waals surface area contributed by atoms with E-state index in [0.29, 0.717) is 72.2 Å². The number of hydrogen-bond donors (Lipinski definition) is 3. The monoisotopic (exact) mass is 532 g/mol. The van der Waals surface area contributed by atoms with Crippen LogP contribution in [0.3, 0.4) is 0 Å². The molecular formula is C25H40N8O5. The van der Waals surface area contributed by atoms with Crippen molar-refractivity contribution in [3.63, 3.8) is 0 Å². The van der Waals surface area contributed by atoms with Crippen LogP contribution in [0.1, 0.15) is 11.3 Å². The number of likely N-dealkylation sites (N-methyl/N-ethyl adjacent to an activating group) is 1. The number of imidazole rings is 1. The molecule has 1 aromatic carbocycles. The van der Waals surface area contributed by atoms with E-state index in [0.717, 1.165) is 17.7 Å². The van der Waals surface area contributed by atoms with Gasteiger partial charge in [-0.05, 0) is 43.7 Å². The Morgan fingerprint density at radius 1 is 1.11 bits per heavy atom. The van der Waals surface area contributed by atoms with Gasteiger partial charge in [-0.15, -0.1) is 0 Å². The average Bonchev–Trinajstić information content (AvgIpc) is 3.35. The van der Waals surface area contributed by atoms with E-state index in [4.69, 9.17) is 19.7 Å². The highest BCUT2D eigenvalue weighted by atomic mass is 16.5. The summed E-state index contributed by atoms with van der Waals surface area (Å²) in [6.45, 7) is 4.80. The number of nitrogens with one attached hydrogen (secondary N) is 2. The highest BCUT2D eigenvalue weighted by molar-refractivity contribution is 5.73. The molecule has 0 saturated carbocycles.